The molecule has 3 aromatic rings. The number of ether oxygens (including phenoxy) is 2. The minimum absolute atomic E-state index is 0.0598. The minimum atomic E-state index is -0.0598. The van der Waals surface area contributed by atoms with Crippen molar-refractivity contribution in [3.05, 3.63) is 83.6 Å². The number of aromatic nitrogens is 2. The highest BCUT2D eigenvalue weighted by Crippen LogP contribution is 2.30. The van der Waals surface area contributed by atoms with Gasteiger partial charge in [-0.05, 0) is 24.0 Å². The number of nitrogens with one attached hydrogen (secondary N) is 1. The highest BCUT2D eigenvalue weighted by atomic mass is 16.5. The second-order valence-corrected chi connectivity index (χ2v) is 7.24. The smallest absolute Gasteiger partial charge is 0.299 e. The Balaban J connectivity index is 1.38. The zero-order valence-corrected chi connectivity index (χ0v) is 16.2. The van der Waals surface area contributed by atoms with Gasteiger partial charge in [0, 0.05) is 31.4 Å². The molecule has 0 aliphatic carbocycles. The molecule has 4 rings (SSSR count). The number of likely N-dealkylation sites (tertiary alicyclic amines) is 1. The normalized spacial score (nSPS) is 15.5. The van der Waals surface area contributed by atoms with Gasteiger partial charge in [0.15, 0.2) is 0 Å². The second-order valence-electron chi connectivity index (χ2n) is 7.24. The number of hydrogen-bond acceptors (Lipinski definition) is 5. The Bertz CT molecular complexity index is 851. The van der Waals surface area contributed by atoms with Crippen LogP contribution in [-0.4, -0.2) is 40.8 Å². The lowest BCUT2D eigenvalue weighted by molar-refractivity contribution is -0.121. The highest BCUT2D eigenvalue weighted by molar-refractivity contribution is 5.44. The first-order valence-corrected chi connectivity index (χ1v) is 9.94. The van der Waals surface area contributed by atoms with E-state index >= 15 is 0 Å². The Labute approximate surface area is 170 Å². The van der Waals surface area contributed by atoms with Crippen LogP contribution >= 0.6 is 0 Å². The molecule has 1 aromatic heterocycles. The van der Waals surface area contributed by atoms with Crippen LogP contribution in [0.25, 0.3) is 0 Å². The van der Waals surface area contributed by atoms with E-state index in [-0.39, 0.29) is 12.2 Å². The van der Waals surface area contributed by atoms with Crippen molar-refractivity contribution in [2.24, 2.45) is 0 Å². The predicted molar refractivity (Wildman–Crippen MR) is 109 cm³/mol. The third-order valence-electron chi connectivity index (χ3n) is 5.30. The van der Waals surface area contributed by atoms with Crippen LogP contribution in [0, 0.1) is 0 Å². The lowest BCUT2D eigenvalue weighted by Gasteiger charge is -2.34. The number of nitrogens with zero attached hydrogens (tertiary/aromatic N) is 2. The van der Waals surface area contributed by atoms with E-state index < -0.39 is 0 Å². The number of rotatable bonds is 8. The zero-order valence-electron chi connectivity index (χ0n) is 16.2. The Kier molecular flexibility index (Phi) is 6.34. The maximum atomic E-state index is 10.6. The monoisotopic (exact) mass is 391 g/mol. The van der Waals surface area contributed by atoms with E-state index in [2.05, 4.69) is 63.6 Å². The first-order valence-electron chi connectivity index (χ1n) is 9.94. The zero-order chi connectivity index (χ0) is 19.9. The van der Waals surface area contributed by atoms with Crippen molar-refractivity contribution in [2.45, 2.75) is 31.6 Å². The summed E-state index contributed by atoms with van der Waals surface area (Å²) in [5.41, 5.74) is 3.24. The minimum Gasteiger partial charge on any atom is -0.408 e. The summed E-state index contributed by atoms with van der Waals surface area (Å²) in [6, 6.07) is 20.8. The molecule has 0 amide bonds. The molecule has 2 heterocycles. The fraction of sp³-hybridized carbons (Fsp3) is 0.304. The fourth-order valence-corrected chi connectivity index (χ4v) is 3.81. The van der Waals surface area contributed by atoms with E-state index in [4.69, 9.17) is 9.47 Å². The molecule has 1 aliphatic rings. The lowest BCUT2D eigenvalue weighted by Crippen LogP contribution is -2.37. The van der Waals surface area contributed by atoms with Crippen molar-refractivity contribution in [1.82, 2.24) is 15.1 Å². The summed E-state index contributed by atoms with van der Waals surface area (Å²) >= 11 is 0. The Morgan fingerprint density at radius 3 is 2.24 bits per heavy atom. The van der Waals surface area contributed by atoms with Crippen LogP contribution in [0.5, 0.6) is 5.88 Å². The molecule has 2 aromatic carbocycles. The summed E-state index contributed by atoms with van der Waals surface area (Å²) in [5, 5.41) is 6.72. The van der Waals surface area contributed by atoms with Crippen LogP contribution in [0.4, 0.5) is 0 Å². The van der Waals surface area contributed by atoms with E-state index in [1.807, 2.05) is 12.1 Å². The van der Waals surface area contributed by atoms with Gasteiger partial charge in [-0.25, -0.2) is 0 Å². The molecule has 1 fully saturated rings. The Hall–Kier alpha value is -2.96. The van der Waals surface area contributed by atoms with Crippen molar-refractivity contribution < 1.29 is 14.3 Å². The molecule has 0 saturated carbocycles. The molecule has 0 radical (unpaired) electrons. The highest BCUT2D eigenvalue weighted by Gasteiger charge is 2.25. The Morgan fingerprint density at radius 2 is 1.66 bits per heavy atom. The molecule has 1 N–H and O–H groups in total. The number of piperidine rings is 1. The van der Waals surface area contributed by atoms with Gasteiger partial charge in [0.25, 0.3) is 6.47 Å². The van der Waals surface area contributed by atoms with Gasteiger partial charge in [-0.3, -0.25) is 14.8 Å². The van der Waals surface area contributed by atoms with E-state index in [0.717, 1.165) is 31.5 Å². The topological polar surface area (TPSA) is 67.5 Å². The number of hydrogen-bond donors (Lipinski definition) is 1. The predicted octanol–water partition coefficient (Wildman–Crippen LogP) is 3.72. The first kappa shape index (κ1) is 19.4. The number of carbonyl (C=O) groups is 1. The summed E-state index contributed by atoms with van der Waals surface area (Å²) in [5.74, 6) is 0.353. The molecule has 6 heteroatoms. The molecule has 6 nitrogen and oxygen atoms in total. The van der Waals surface area contributed by atoms with Gasteiger partial charge < -0.3 is 9.47 Å². The molecular formula is C23H25N3O3. The third kappa shape index (κ3) is 4.91. The molecule has 0 unspecified atom stereocenters. The lowest BCUT2D eigenvalue weighted by atomic mass is 10.00. The summed E-state index contributed by atoms with van der Waals surface area (Å²) in [7, 11) is 0. The van der Waals surface area contributed by atoms with Crippen LogP contribution < -0.4 is 4.74 Å². The van der Waals surface area contributed by atoms with Gasteiger partial charge in [-0.1, -0.05) is 60.7 Å². The molecule has 1 aliphatic heterocycles. The number of H-pyrrole nitrogens is 1. The second kappa shape index (κ2) is 9.49. The van der Waals surface area contributed by atoms with E-state index in [1.54, 1.807) is 6.20 Å². The molecule has 150 valence electrons. The van der Waals surface area contributed by atoms with Crippen LogP contribution in [0.1, 0.15) is 35.6 Å². The van der Waals surface area contributed by atoms with Crippen LogP contribution in [-0.2, 0) is 16.1 Å². The maximum Gasteiger partial charge on any atom is 0.299 e. The van der Waals surface area contributed by atoms with Crippen molar-refractivity contribution in [3.63, 3.8) is 0 Å². The van der Waals surface area contributed by atoms with Crippen LogP contribution in [0.3, 0.4) is 0 Å². The van der Waals surface area contributed by atoms with Crippen molar-refractivity contribution in [3.8, 4) is 5.88 Å². The molecule has 1 saturated heterocycles. The quantitative estimate of drug-likeness (QED) is 0.593. The van der Waals surface area contributed by atoms with Crippen LogP contribution in [0.15, 0.2) is 66.9 Å². The summed E-state index contributed by atoms with van der Waals surface area (Å²) in [4.78, 5) is 12.9. The summed E-state index contributed by atoms with van der Waals surface area (Å²) < 4.78 is 11.5. The molecule has 0 spiro atoms. The van der Waals surface area contributed by atoms with Crippen molar-refractivity contribution in [1.29, 1.82) is 0 Å². The largest absolute Gasteiger partial charge is 0.408 e. The SMILES string of the molecule is O=COc1n[nH]cc1CN1CCC(OC(c2ccccc2)c2ccccc2)CC1. The van der Waals surface area contributed by atoms with Gasteiger partial charge in [-0.2, -0.15) is 0 Å². The van der Waals surface area contributed by atoms with Crippen molar-refractivity contribution in [2.75, 3.05) is 13.1 Å². The number of aromatic amines is 1. The first-order chi connectivity index (χ1) is 14.3. The van der Waals surface area contributed by atoms with Gasteiger partial charge in [0.2, 0.25) is 5.88 Å². The fourth-order valence-electron chi connectivity index (χ4n) is 3.81. The Morgan fingerprint density at radius 1 is 1.03 bits per heavy atom. The molecule has 0 bridgehead atoms. The number of carbonyl (C=O) groups excluding carboxylic acids is 1. The van der Waals surface area contributed by atoms with E-state index in [9.17, 15) is 4.79 Å². The molecule has 29 heavy (non-hydrogen) atoms. The van der Waals surface area contributed by atoms with Gasteiger partial charge in [-0.15, -0.1) is 5.10 Å². The average Bonchev–Trinajstić information content (AvgIpc) is 3.21. The third-order valence-corrected chi connectivity index (χ3v) is 5.30. The maximum absolute atomic E-state index is 10.6. The van der Waals surface area contributed by atoms with Gasteiger partial charge in [0.05, 0.1) is 6.10 Å². The van der Waals surface area contributed by atoms with E-state index in [0.29, 0.717) is 18.9 Å². The van der Waals surface area contributed by atoms with Crippen LogP contribution in [0.2, 0.25) is 0 Å². The standard InChI is InChI=1S/C23H25N3O3/c27-17-28-23-20(15-24-25-23)16-26-13-11-21(12-14-26)29-22(18-7-3-1-4-8-18)19-9-5-2-6-10-19/h1-10,15,17,21-22H,11-14,16H2,(H,24,25). The average molecular weight is 391 g/mol. The van der Waals surface area contributed by atoms with Gasteiger partial charge in [0.1, 0.15) is 6.10 Å². The van der Waals surface area contributed by atoms with Crippen molar-refractivity contribution >= 4 is 6.47 Å². The van der Waals surface area contributed by atoms with E-state index in [1.165, 1.54) is 11.1 Å². The summed E-state index contributed by atoms with van der Waals surface area (Å²) in [6.07, 6.45) is 3.83. The number of benzene rings is 2. The summed E-state index contributed by atoms with van der Waals surface area (Å²) in [6.45, 7) is 2.96. The molecule has 0 atom stereocenters. The molecular weight excluding hydrogens is 366 g/mol. The van der Waals surface area contributed by atoms with Gasteiger partial charge >= 0.3 is 0 Å².